The van der Waals surface area contributed by atoms with Crippen molar-refractivity contribution in [2.45, 2.75) is 41.5 Å². The number of alkyl halides is 3. The van der Waals surface area contributed by atoms with Gasteiger partial charge in [0.1, 0.15) is 0 Å². The van der Waals surface area contributed by atoms with Crippen molar-refractivity contribution in [1.29, 1.82) is 0 Å². The Balaban J connectivity index is 2.20. The molecule has 3 nitrogen and oxygen atoms in total. The monoisotopic (exact) mass is 305 g/mol. The fourth-order valence-corrected chi connectivity index (χ4v) is 5.48. The molecule has 1 aliphatic carbocycles. The molecule has 1 N–H and O–H groups in total. The summed E-state index contributed by atoms with van der Waals surface area (Å²) in [6, 6.07) is 3.34. The van der Waals surface area contributed by atoms with Crippen molar-refractivity contribution >= 4 is 15.5 Å². The quantitative estimate of drug-likeness (QED) is 0.800. The first-order chi connectivity index (χ1) is 9.28. The number of benzene rings is 1. The smallest absolute Gasteiger partial charge is 0.382 e. The third kappa shape index (κ3) is 1.75. The van der Waals surface area contributed by atoms with E-state index in [4.69, 9.17) is 0 Å². The first kappa shape index (κ1) is 13.7. The second kappa shape index (κ2) is 4.13. The Kier molecular flexibility index (Phi) is 2.83. The van der Waals surface area contributed by atoms with Crippen LogP contribution in [-0.4, -0.2) is 19.7 Å². The number of nitrogens with one attached hydrogen (secondary N) is 1. The van der Waals surface area contributed by atoms with E-state index in [1.807, 2.05) is 0 Å². The molecule has 1 heterocycles. The zero-order chi connectivity index (χ0) is 14.6. The van der Waals surface area contributed by atoms with Gasteiger partial charge < -0.3 is 5.32 Å². The first-order valence-electron chi connectivity index (χ1n) is 6.47. The Bertz CT molecular complexity index is 646. The zero-order valence-electron chi connectivity index (χ0n) is 10.6. The number of halogens is 3. The molecule has 0 amide bonds. The minimum atomic E-state index is -4.56. The van der Waals surface area contributed by atoms with Gasteiger partial charge in [-0.15, -0.1) is 0 Å². The number of sulfone groups is 1. The van der Waals surface area contributed by atoms with Gasteiger partial charge in [-0.1, -0.05) is 18.9 Å². The molecule has 2 aliphatic rings. The average molecular weight is 305 g/mol. The van der Waals surface area contributed by atoms with Gasteiger partial charge in [0.05, 0.1) is 20.9 Å². The van der Waals surface area contributed by atoms with E-state index < -0.39 is 26.3 Å². The minimum Gasteiger partial charge on any atom is -0.382 e. The number of hydrogen-bond acceptors (Lipinski definition) is 3. The molecule has 1 spiro atoms. The van der Waals surface area contributed by atoms with E-state index in [0.29, 0.717) is 12.8 Å². The number of anilines is 1. The summed E-state index contributed by atoms with van der Waals surface area (Å²) in [6.45, 7) is 0.0649. The highest BCUT2D eigenvalue weighted by molar-refractivity contribution is 7.93. The SMILES string of the molecule is O=S1(=O)c2cccc(C(F)(F)F)c2NCC12CCCC2. The summed E-state index contributed by atoms with van der Waals surface area (Å²) in [6.07, 6.45) is -1.94. The standard InChI is InChI=1S/C13H14F3NO2S/c14-13(15,16)9-4-3-5-10-11(9)17-8-12(20(10,18)19)6-1-2-7-12/h3-5,17H,1-2,6-8H2. The molecule has 1 aliphatic heterocycles. The van der Waals surface area contributed by atoms with E-state index in [1.54, 1.807) is 0 Å². The second-order valence-electron chi connectivity index (χ2n) is 5.42. The lowest BCUT2D eigenvalue weighted by Gasteiger charge is -2.36. The Morgan fingerprint density at radius 1 is 1.15 bits per heavy atom. The third-order valence-electron chi connectivity index (χ3n) is 4.29. The topological polar surface area (TPSA) is 46.2 Å². The van der Waals surface area contributed by atoms with Crippen molar-refractivity contribution < 1.29 is 21.6 Å². The molecule has 0 radical (unpaired) electrons. The Morgan fingerprint density at radius 2 is 1.80 bits per heavy atom. The highest BCUT2D eigenvalue weighted by atomic mass is 32.2. The highest BCUT2D eigenvalue weighted by Gasteiger charge is 2.51. The molecule has 3 rings (SSSR count). The molecular weight excluding hydrogens is 291 g/mol. The first-order valence-corrected chi connectivity index (χ1v) is 7.95. The zero-order valence-corrected chi connectivity index (χ0v) is 11.4. The minimum absolute atomic E-state index is 0.0649. The van der Waals surface area contributed by atoms with Gasteiger partial charge in [-0.25, -0.2) is 8.42 Å². The van der Waals surface area contributed by atoms with E-state index >= 15 is 0 Å². The van der Waals surface area contributed by atoms with Gasteiger partial charge in [-0.05, 0) is 25.0 Å². The summed E-state index contributed by atoms with van der Waals surface area (Å²) < 4.78 is 63.4. The van der Waals surface area contributed by atoms with E-state index in [2.05, 4.69) is 5.32 Å². The van der Waals surface area contributed by atoms with Crippen LogP contribution in [0.25, 0.3) is 0 Å². The summed E-state index contributed by atoms with van der Waals surface area (Å²) in [4.78, 5) is -0.208. The molecule has 1 aromatic carbocycles. The van der Waals surface area contributed by atoms with Gasteiger partial charge in [-0.3, -0.25) is 0 Å². The average Bonchev–Trinajstić information content (AvgIpc) is 2.83. The predicted octanol–water partition coefficient (Wildman–Crippen LogP) is 3.22. The van der Waals surface area contributed by atoms with Gasteiger partial charge in [-0.2, -0.15) is 13.2 Å². The lowest BCUT2D eigenvalue weighted by atomic mass is 10.1. The van der Waals surface area contributed by atoms with Gasteiger partial charge >= 0.3 is 6.18 Å². The summed E-state index contributed by atoms with van der Waals surface area (Å²) in [5.41, 5.74) is -1.20. The molecule has 0 atom stereocenters. The summed E-state index contributed by atoms with van der Waals surface area (Å²) in [5, 5.41) is 2.73. The van der Waals surface area contributed by atoms with Gasteiger partial charge in [0.2, 0.25) is 0 Å². The second-order valence-corrected chi connectivity index (χ2v) is 7.74. The molecular formula is C13H14F3NO2S. The third-order valence-corrected chi connectivity index (χ3v) is 6.91. The maximum absolute atomic E-state index is 13.0. The van der Waals surface area contributed by atoms with Crippen LogP contribution in [0.2, 0.25) is 0 Å². The van der Waals surface area contributed by atoms with Crippen LogP contribution in [0, 0.1) is 0 Å². The Morgan fingerprint density at radius 3 is 2.40 bits per heavy atom. The van der Waals surface area contributed by atoms with Crippen molar-refractivity contribution in [2.24, 2.45) is 0 Å². The molecule has 7 heteroatoms. The van der Waals surface area contributed by atoms with Crippen LogP contribution in [0.1, 0.15) is 31.2 Å². The maximum Gasteiger partial charge on any atom is 0.418 e. The van der Waals surface area contributed by atoms with Crippen molar-refractivity contribution in [3.8, 4) is 0 Å². The summed E-state index contributed by atoms with van der Waals surface area (Å²) >= 11 is 0. The van der Waals surface area contributed by atoms with Crippen LogP contribution in [0.4, 0.5) is 18.9 Å². The van der Waals surface area contributed by atoms with Gasteiger partial charge in [0.25, 0.3) is 0 Å². The summed E-state index contributed by atoms with van der Waals surface area (Å²) in [5.74, 6) is 0. The number of para-hydroxylation sites is 1. The van der Waals surface area contributed by atoms with E-state index in [1.165, 1.54) is 6.07 Å². The molecule has 1 aromatic rings. The molecule has 0 saturated heterocycles. The normalized spacial score (nSPS) is 23.4. The number of rotatable bonds is 0. The number of hydrogen-bond donors (Lipinski definition) is 1. The molecule has 0 unspecified atom stereocenters. The van der Waals surface area contributed by atoms with Crippen LogP contribution in [0.15, 0.2) is 23.1 Å². The highest BCUT2D eigenvalue weighted by Crippen LogP contribution is 2.48. The molecule has 110 valence electrons. The fourth-order valence-electron chi connectivity index (χ4n) is 3.22. The Labute approximate surface area is 115 Å². The lowest BCUT2D eigenvalue weighted by Crippen LogP contribution is -2.46. The lowest BCUT2D eigenvalue weighted by molar-refractivity contribution is -0.137. The van der Waals surface area contributed by atoms with Crippen molar-refractivity contribution in [1.82, 2.24) is 0 Å². The van der Waals surface area contributed by atoms with Crippen LogP contribution < -0.4 is 5.32 Å². The molecule has 0 aromatic heterocycles. The predicted molar refractivity (Wildman–Crippen MR) is 68.3 cm³/mol. The van der Waals surface area contributed by atoms with Crippen LogP contribution in [0.3, 0.4) is 0 Å². The van der Waals surface area contributed by atoms with Gasteiger partial charge in [0.15, 0.2) is 9.84 Å². The van der Waals surface area contributed by atoms with E-state index in [0.717, 1.165) is 25.0 Å². The maximum atomic E-state index is 13.0. The van der Waals surface area contributed by atoms with Gasteiger partial charge in [0, 0.05) is 6.54 Å². The Hall–Kier alpha value is -1.24. The molecule has 20 heavy (non-hydrogen) atoms. The van der Waals surface area contributed by atoms with Crippen molar-refractivity contribution in [2.75, 3.05) is 11.9 Å². The van der Waals surface area contributed by atoms with Crippen LogP contribution in [-0.2, 0) is 16.0 Å². The van der Waals surface area contributed by atoms with Crippen LogP contribution >= 0.6 is 0 Å². The summed E-state index contributed by atoms with van der Waals surface area (Å²) in [7, 11) is -3.73. The number of fused-ring (bicyclic) bond motifs is 1. The largest absolute Gasteiger partial charge is 0.418 e. The van der Waals surface area contributed by atoms with Crippen molar-refractivity contribution in [3.63, 3.8) is 0 Å². The molecule has 1 fully saturated rings. The van der Waals surface area contributed by atoms with Crippen molar-refractivity contribution in [3.05, 3.63) is 23.8 Å². The van der Waals surface area contributed by atoms with E-state index in [9.17, 15) is 21.6 Å². The van der Waals surface area contributed by atoms with E-state index in [-0.39, 0.29) is 17.1 Å². The van der Waals surface area contributed by atoms with Crippen LogP contribution in [0.5, 0.6) is 0 Å². The molecule has 0 bridgehead atoms. The fraction of sp³-hybridized carbons (Fsp3) is 0.538. The molecule has 1 saturated carbocycles.